The SMILES string of the molecule is CN1CCNC(CCN(C)c2ccc(Cl)cc2)C1. The molecular weight excluding hydrogens is 246 g/mol. The number of likely N-dealkylation sites (N-methyl/N-ethyl adjacent to an activating group) is 1. The van der Waals surface area contributed by atoms with Crippen LogP contribution in [0.5, 0.6) is 0 Å². The van der Waals surface area contributed by atoms with Crippen molar-refractivity contribution in [3.63, 3.8) is 0 Å². The summed E-state index contributed by atoms with van der Waals surface area (Å²) in [6.07, 6.45) is 1.17. The highest BCUT2D eigenvalue weighted by atomic mass is 35.5. The maximum atomic E-state index is 5.90. The van der Waals surface area contributed by atoms with Crippen molar-refractivity contribution in [2.24, 2.45) is 0 Å². The van der Waals surface area contributed by atoms with Gasteiger partial charge in [0.2, 0.25) is 0 Å². The quantitative estimate of drug-likeness (QED) is 0.901. The van der Waals surface area contributed by atoms with Gasteiger partial charge in [0.05, 0.1) is 0 Å². The molecule has 1 aromatic carbocycles. The van der Waals surface area contributed by atoms with Crippen LogP contribution in [0.3, 0.4) is 0 Å². The van der Waals surface area contributed by atoms with Crippen LogP contribution in [0.1, 0.15) is 6.42 Å². The summed E-state index contributed by atoms with van der Waals surface area (Å²) >= 11 is 5.90. The predicted molar refractivity (Wildman–Crippen MR) is 78.6 cm³/mol. The zero-order valence-corrected chi connectivity index (χ0v) is 12.0. The zero-order chi connectivity index (χ0) is 13.0. The fraction of sp³-hybridized carbons (Fsp3) is 0.571. The molecule has 1 N–H and O–H groups in total. The summed E-state index contributed by atoms with van der Waals surface area (Å²) in [6.45, 7) is 4.47. The molecule has 1 aliphatic rings. The lowest BCUT2D eigenvalue weighted by Gasteiger charge is -2.32. The molecule has 2 rings (SSSR count). The molecule has 1 aromatic rings. The highest BCUT2D eigenvalue weighted by Crippen LogP contribution is 2.17. The molecule has 0 aromatic heterocycles. The predicted octanol–water partition coefficient (Wildman–Crippen LogP) is 2.07. The van der Waals surface area contributed by atoms with E-state index >= 15 is 0 Å². The van der Waals surface area contributed by atoms with Crippen LogP contribution in [0.15, 0.2) is 24.3 Å². The summed E-state index contributed by atoms with van der Waals surface area (Å²) in [6, 6.07) is 8.64. The standard InChI is InChI=1S/C14H22ClN3/c1-17-10-8-16-13(11-17)7-9-18(2)14-5-3-12(15)4-6-14/h3-6,13,16H,7-11H2,1-2H3. The molecule has 0 saturated carbocycles. The molecule has 1 saturated heterocycles. The minimum absolute atomic E-state index is 0.610. The first-order valence-electron chi connectivity index (χ1n) is 6.54. The second kappa shape index (κ2) is 6.41. The molecule has 4 heteroatoms. The van der Waals surface area contributed by atoms with Gasteiger partial charge in [0.25, 0.3) is 0 Å². The number of hydrogen-bond donors (Lipinski definition) is 1. The molecule has 0 bridgehead atoms. The molecule has 1 fully saturated rings. The van der Waals surface area contributed by atoms with Gasteiger partial charge in [-0.25, -0.2) is 0 Å². The van der Waals surface area contributed by atoms with E-state index in [1.54, 1.807) is 0 Å². The van der Waals surface area contributed by atoms with Gasteiger partial charge in [-0.15, -0.1) is 0 Å². The van der Waals surface area contributed by atoms with Crippen LogP contribution in [0.25, 0.3) is 0 Å². The summed E-state index contributed by atoms with van der Waals surface area (Å²) in [4.78, 5) is 4.68. The first-order chi connectivity index (χ1) is 8.65. The Bertz CT molecular complexity index is 366. The maximum Gasteiger partial charge on any atom is 0.0407 e. The van der Waals surface area contributed by atoms with Crippen LogP contribution < -0.4 is 10.2 Å². The topological polar surface area (TPSA) is 18.5 Å². The lowest BCUT2D eigenvalue weighted by molar-refractivity contribution is 0.233. The molecule has 3 nitrogen and oxygen atoms in total. The summed E-state index contributed by atoms with van der Waals surface area (Å²) in [7, 11) is 4.33. The van der Waals surface area contributed by atoms with Crippen molar-refractivity contribution in [2.75, 3.05) is 45.2 Å². The van der Waals surface area contributed by atoms with Crippen LogP contribution in [0.2, 0.25) is 5.02 Å². The van der Waals surface area contributed by atoms with E-state index in [9.17, 15) is 0 Å². The summed E-state index contributed by atoms with van der Waals surface area (Å²) in [5, 5.41) is 4.37. The smallest absolute Gasteiger partial charge is 0.0407 e. The van der Waals surface area contributed by atoms with E-state index in [1.165, 1.54) is 12.1 Å². The van der Waals surface area contributed by atoms with E-state index in [4.69, 9.17) is 11.6 Å². The van der Waals surface area contributed by atoms with Crippen molar-refractivity contribution < 1.29 is 0 Å². The molecule has 0 amide bonds. The number of piperazine rings is 1. The van der Waals surface area contributed by atoms with Crippen LogP contribution in [-0.4, -0.2) is 51.2 Å². The molecule has 1 heterocycles. The zero-order valence-electron chi connectivity index (χ0n) is 11.2. The van der Waals surface area contributed by atoms with Crippen molar-refractivity contribution in [1.29, 1.82) is 0 Å². The Hall–Kier alpha value is -0.770. The fourth-order valence-corrected chi connectivity index (χ4v) is 2.49. The Morgan fingerprint density at radius 3 is 2.78 bits per heavy atom. The maximum absolute atomic E-state index is 5.90. The molecule has 1 unspecified atom stereocenters. The van der Waals surface area contributed by atoms with E-state index in [1.807, 2.05) is 12.1 Å². The second-order valence-corrected chi connectivity index (χ2v) is 5.54. The lowest BCUT2D eigenvalue weighted by Crippen LogP contribution is -2.49. The highest BCUT2D eigenvalue weighted by Gasteiger charge is 2.16. The van der Waals surface area contributed by atoms with Gasteiger partial charge in [0, 0.05) is 50.0 Å². The van der Waals surface area contributed by atoms with E-state index < -0.39 is 0 Å². The van der Waals surface area contributed by atoms with Gasteiger partial charge in [0.15, 0.2) is 0 Å². The van der Waals surface area contributed by atoms with Crippen molar-refractivity contribution in [3.05, 3.63) is 29.3 Å². The number of nitrogens with zero attached hydrogens (tertiary/aromatic N) is 2. The van der Waals surface area contributed by atoms with Gasteiger partial charge in [-0.2, -0.15) is 0 Å². The average Bonchev–Trinajstić information content (AvgIpc) is 2.37. The summed E-state index contributed by atoms with van der Waals surface area (Å²) < 4.78 is 0. The molecule has 18 heavy (non-hydrogen) atoms. The molecule has 100 valence electrons. The number of hydrogen-bond acceptors (Lipinski definition) is 3. The van der Waals surface area contributed by atoms with Crippen LogP contribution in [-0.2, 0) is 0 Å². The van der Waals surface area contributed by atoms with Crippen molar-refractivity contribution in [3.8, 4) is 0 Å². The van der Waals surface area contributed by atoms with Crippen molar-refractivity contribution in [2.45, 2.75) is 12.5 Å². The average molecular weight is 268 g/mol. The highest BCUT2D eigenvalue weighted by molar-refractivity contribution is 6.30. The van der Waals surface area contributed by atoms with E-state index in [0.717, 1.165) is 31.2 Å². The van der Waals surface area contributed by atoms with Crippen molar-refractivity contribution in [1.82, 2.24) is 10.2 Å². The number of anilines is 1. The van der Waals surface area contributed by atoms with E-state index in [2.05, 4.69) is 41.3 Å². The van der Waals surface area contributed by atoms with Crippen LogP contribution >= 0.6 is 11.6 Å². The molecule has 0 spiro atoms. The third kappa shape index (κ3) is 3.87. The molecule has 1 aliphatic heterocycles. The van der Waals surface area contributed by atoms with Crippen LogP contribution in [0.4, 0.5) is 5.69 Å². The molecule has 0 radical (unpaired) electrons. The minimum atomic E-state index is 0.610. The summed E-state index contributed by atoms with van der Waals surface area (Å²) in [5.74, 6) is 0. The monoisotopic (exact) mass is 267 g/mol. The Kier molecular flexibility index (Phi) is 4.87. The van der Waals surface area contributed by atoms with E-state index in [0.29, 0.717) is 6.04 Å². The third-order valence-corrected chi connectivity index (χ3v) is 3.79. The third-order valence-electron chi connectivity index (χ3n) is 3.54. The van der Waals surface area contributed by atoms with Gasteiger partial charge < -0.3 is 15.1 Å². The Labute approximate surface area is 115 Å². The second-order valence-electron chi connectivity index (χ2n) is 5.10. The molecule has 0 aliphatic carbocycles. The Morgan fingerprint density at radius 1 is 1.39 bits per heavy atom. The number of rotatable bonds is 4. The molecule has 1 atom stereocenters. The fourth-order valence-electron chi connectivity index (χ4n) is 2.36. The van der Waals surface area contributed by atoms with Gasteiger partial charge >= 0.3 is 0 Å². The largest absolute Gasteiger partial charge is 0.375 e. The lowest BCUT2D eigenvalue weighted by atomic mass is 10.1. The molecular formula is C14H22ClN3. The van der Waals surface area contributed by atoms with E-state index in [-0.39, 0.29) is 0 Å². The van der Waals surface area contributed by atoms with Crippen molar-refractivity contribution >= 4 is 17.3 Å². The van der Waals surface area contributed by atoms with Gasteiger partial charge in [-0.1, -0.05) is 11.6 Å². The minimum Gasteiger partial charge on any atom is -0.375 e. The first-order valence-corrected chi connectivity index (χ1v) is 6.91. The van der Waals surface area contributed by atoms with Gasteiger partial charge in [0.1, 0.15) is 0 Å². The Balaban J connectivity index is 1.80. The first kappa shape index (κ1) is 13.7. The number of halogens is 1. The number of benzene rings is 1. The Morgan fingerprint density at radius 2 is 2.11 bits per heavy atom. The van der Waals surface area contributed by atoms with Crippen LogP contribution in [0, 0.1) is 0 Å². The number of nitrogens with one attached hydrogen (secondary N) is 1. The normalized spacial score (nSPS) is 20.9. The van der Waals surface area contributed by atoms with Gasteiger partial charge in [-0.05, 0) is 37.7 Å². The summed E-state index contributed by atoms with van der Waals surface area (Å²) in [5.41, 5.74) is 1.23. The van der Waals surface area contributed by atoms with Gasteiger partial charge in [-0.3, -0.25) is 0 Å².